The van der Waals surface area contributed by atoms with Crippen LogP contribution in [0.25, 0.3) is 11.1 Å². The number of nitrogens with zero attached hydrogens (tertiary/aromatic N) is 1. The number of aryl methyl sites for hydroxylation is 1. The predicted octanol–water partition coefficient (Wildman–Crippen LogP) is 6.37. The summed E-state index contributed by atoms with van der Waals surface area (Å²) in [7, 11) is 0. The highest BCUT2D eigenvalue weighted by Gasteiger charge is 2.41. The van der Waals surface area contributed by atoms with E-state index in [1.807, 2.05) is 43.3 Å². The zero-order chi connectivity index (χ0) is 18.0. The van der Waals surface area contributed by atoms with Gasteiger partial charge in [0.05, 0.1) is 17.6 Å². The van der Waals surface area contributed by atoms with Gasteiger partial charge in [0.25, 0.3) is 0 Å². The van der Waals surface area contributed by atoms with Gasteiger partial charge in [0.1, 0.15) is 0 Å². The fraction of sp³-hybridized carbons (Fsp3) is 0.381. The number of hydrogen-bond acceptors (Lipinski definition) is 1. The minimum absolute atomic E-state index is 0.111. The summed E-state index contributed by atoms with van der Waals surface area (Å²) >= 11 is 0. The van der Waals surface area contributed by atoms with Gasteiger partial charge in [-0.3, -0.25) is 0 Å². The lowest BCUT2D eigenvalue weighted by Crippen LogP contribution is -2.27. The van der Waals surface area contributed by atoms with Crippen molar-refractivity contribution >= 4 is 0 Å². The molecule has 1 aliphatic rings. The van der Waals surface area contributed by atoms with Crippen molar-refractivity contribution in [2.75, 3.05) is 0 Å². The molecule has 1 saturated carbocycles. The van der Waals surface area contributed by atoms with Gasteiger partial charge in [0.15, 0.2) is 0 Å². The lowest BCUT2D eigenvalue weighted by molar-refractivity contribution is -0.182. The molecule has 130 valence electrons. The van der Waals surface area contributed by atoms with Crippen LogP contribution in [0, 0.1) is 24.2 Å². The maximum absolute atomic E-state index is 12.9. The minimum atomic E-state index is -4.09. The van der Waals surface area contributed by atoms with Crippen LogP contribution in [0.4, 0.5) is 13.2 Å². The summed E-state index contributed by atoms with van der Waals surface area (Å²) in [6.45, 7) is 1.99. The normalized spacial score (nSPS) is 20.9. The average molecular weight is 343 g/mol. The van der Waals surface area contributed by atoms with E-state index in [4.69, 9.17) is 0 Å². The van der Waals surface area contributed by atoms with E-state index in [1.54, 1.807) is 6.07 Å². The number of nitriles is 1. The summed E-state index contributed by atoms with van der Waals surface area (Å²) < 4.78 is 38.8. The van der Waals surface area contributed by atoms with Crippen molar-refractivity contribution in [2.24, 2.45) is 5.92 Å². The van der Waals surface area contributed by atoms with E-state index in [9.17, 15) is 18.4 Å². The SMILES string of the molecule is Cc1cccc(C2CCC(C(F)(F)F)CC2)c1-c1ccccc1C#N. The predicted molar refractivity (Wildman–Crippen MR) is 92.1 cm³/mol. The Morgan fingerprint density at radius 2 is 1.64 bits per heavy atom. The first-order valence-electron chi connectivity index (χ1n) is 8.57. The van der Waals surface area contributed by atoms with Crippen molar-refractivity contribution in [2.45, 2.75) is 44.7 Å². The smallest absolute Gasteiger partial charge is 0.192 e. The monoisotopic (exact) mass is 343 g/mol. The van der Waals surface area contributed by atoms with Gasteiger partial charge in [0.2, 0.25) is 0 Å². The van der Waals surface area contributed by atoms with Crippen LogP contribution in [0.1, 0.15) is 48.3 Å². The fourth-order valence-electron chi connectivity index (χ4n) is 3.93. The highest BCUT2D eigenvalue weighted by molar-refractivity contribution is 5.76. The largest absolute Gasteiger partial charge is 0.391 e. The van der Waals surface area contributed by atoms with Crippen LogP contribution in [0.15, 0.2) is 42.5 Å². The fourth-order valence-corrected chi connectivity index (χ4v) is 3.93. The van der Waals surface area contributed by atoms with Gasteiger partial charge in [-0.2, -0.15) is 18.4 Å². The molecular formula is C21H20F3N. The molecule has 1 nitrogen and oxygen atoms in total. The second-order valence-corrected chi connectivity index (χ2v) is 6.79. The molecule has 0 atom stereocenters. The Kier molecular flexibility index (Phi) is 4.85. The molecule has 0 saturated heterocycles. The van der Waals surface area contributed by atoms with Gasteiger partial charge in [-0.1, -0.05) is 36.4 Å². The van der Waals surface area contributed by atoms with Crippen molar-refractivity contribution in [1.82, 2.24) is 0 Å². The Balaban J connectivity index is 1.97. The zero-order valence-electron chi connectivity index (χ0n) is 14.1. The second kappa shape index (κ2) is 6.92. The number of hydrogen-bond donors (Lipinski definition) is 0. The van der Waals surface area contributed by atoms with E-state index >= 15 is 0 Å². The Labute approximate surface area is 146 Å². The van der Waals surface area contributed by atoms with Gasteiger partial charge >= 0.3 is 6.18 Å². The Morgan fingerprint density at radius 1 is 0.960 bits per heavy atom. The molecule has 2 aromatic carbocycles. The molecule has 1 fully saturated rings. The molecule has 3 rings (SSSR count). The van der Waals surface area contributed by atoms with Crippen molar-refractivity contribution in [3.63, 3.8) is 0 Å². The molecule has 2 aromatic rings. The van der Waals surface area contributed by atoms with Gasteiger partial charge in [0, 0.05) is 0 Å². The molecule has 0 aliphatic heterocycles. The maximum atomic E-state index is 12.9. The number of alkyl halides is 3. The summed E-state index contributed by atoms with van der Waals surface area (Å²) in [6.07, 6.45) is -2.65. The van der Waals surface area contributed by atoms with Crippen molar-refractivity contribution in [3.8, 4) is 17.2 Å². The molecule has 0 radical (unpaired) electrons. The molecule has 0 amide bonds. The van der Waals surface area contributed by atoms with E-state index < -0.39 is 12.1 Å². The maximum Gasteiger partial charge on any atom is 0.391 e. The Morgan fingerprint density at radius 3 is 2.28 bits per heavy atom. The van der Waals surface area contributed by atoms with E-state index in [0.29, 0.717) is 18.4 Å². The van der Waals surface area contributed by atoms with Crippen LogP contribution in [-0.2, 0) is 0 Å². The molecular weight excluding hydrogens is 323 g/mol. The van der Waals surface area contributed by atoms with E-state index in [0.717, 1.165) is 22.3 Å². The highest BCUT2D eigenvalue weighted by atomic mass is 19.4. The van der Waals surface area contributed by atoms with Crippen LogP contribution in [0.3, 0.4) is 0 Å². The van der Waals surface area contributed by atoms with Gasteiger partial charge in [-0.05, 0) is 66.8 Å². The van der Waals surface area contributed by atoms with E-state index in [1.165, 1.54) is 0 Å². The van der Waals surface area contributed by atoms with Crippen LogP contribution < -0.4 is 0 Å². The Bertz CT molecular complexity index is 794. The topological polar surface area (TPSA) is 23.8 Å². The van der Waals surface area contributed by atoms with Gasteiger partial charge < -0.3 is 0 Å². The third kappa shape index (κ3) is 3.56. The number of benzene rings is 2. The summed E-state index contributed by atoms with van der Waals surface area (Å²) in [4.78, 5) is 0. The third-order valence-electron chi connectivity index (χ3n) is 5.25. The molecule has 0 spiro atoms. The third-order valence-corrected chi connectivity index (χ3v) is 5.25. The quantitative estimate of drug-likeness (QED) is 0.621. The summed E-state index contributed by atoms with van der Waals surface area (Å²) in [5.74, 6) is -1.07. The van der Waals surface area contributed by atoms with Crippen molar-refractivity contribution in [1.29, 1.82) is 5.26 Å². The lowest BCUT2D eigenvalue weighted by Gasteiger charge is -2.31. The lowest BCUT2D eigenvalue weighted by atomic mass is 9.75. The molecule has 25 heavy (non-hydrogen) atoms. The van der Waals surface area contributed by atoms with Gasteiger partial charge in [-0.25, -0.2) is 0 Å². The molecule has 0 N–H and O–H groups in total. The molecule has 0 bridgehead atoms. The molecule has 0 heterocycles. The average Bonchev–Trinajstić information content (AvgIpc) is 2.61. The van der Waals surface area contributed by atoms with Crippen LogP contribution >= 0.6 is 0 Å². The first kappa shape index (κ1) is 17.5. The summed E-state index contributed by atoms with van der Waals surface area (Å²) in [5, 5.41) is 9.42. The van der Waals surface area contributed by atoms with Crippen LogP contribution in [-0.4, -0.2) is 6.18 Å². The van der Waals surface area contributed by atoms with Gasteiger partial charge in [-0.15, -0.1) is 0 Å². The summed E-state index contributed by atoms with van der Waals surface area (Å²) in [5.41, 5.74) is 4.61. The standard InChI is InChI=1S/C21H20F3N/c1-14-5-4-8-18(15-9-11-17(12-10-15)21(22,23)24)20(14)19-7-3-2-6-16(19)13-25/h2-8,15,17H,9-12H2,1H3. The number of rotatable bonds is 2. The van der Waals surface area contributed by atoms with Crippen molar-refractivity contribution in [3.05, 3.63) is 59.2 Å². The number of halogens is 3. The first-order chi connectivity index (χ1) is 11.9. The second-order valence-electron chi connectivity index (χ2n) is 6.79. The molecule has 4 heteroatoms. The molecule has 0 aromatic heterocycles. The van der Waals surface area contributed by atoms with Crippen molar-refractivity contribution < 1.29 is 13.2 Å². The first-order valence-corrected chi connectivity index (χ1v) is 8.57. The van der Waals surface area contributed by atoms with E-state index in [-0.39, 0.29) is 18.8 Å². The summed E-state index contributed by atoms with van der Waals surface area (Å²) in [6, 6.07) is 15.6. The molecule has 0 unspecified atom stereocenters. The Hall–Kier alpha value is -2.28. The molecule has 1 aliphatic carbocycles. The van der Waals surface area contributed by atoms with E-state index in [2.05, 4.69) is 6.07 Å². The minimum Gasteiger partial charge on any atom is -0.192 e. The van der Waals surface area contributed by atoms with Crippen LogP contribution in [0.2, 0.25) is 0 Å². The zero-order valence-corrected chi connectivity index (χ0v) is 14.1. The highest BCUT2D eigenvalue weighted by Crippen LogP contribution is 2.45. The van der Waals surface area contributed by atoms with Crippen LogP contribution in [0.5, 0.6) is 0 Å².